The van der Waals surface area contributed by atoms with E-state index in [-0.39, 0.29) is 6.03 Å². The molecule has 23 heavy (non-hydrogen) atoms. The number of urea groups is 1. The molecule has 0 spiro atoms. The standard InChI is InChI=1S/C17H17N3O2S/c1-11-18-15-9-4-12(10-16(15)23-11)19-17(21)20(2)13-5-7-14(22-3)8-6-13/h4-10H,1-3H3,(H,19,21). The molecular weight excluding hydrogens is 310 g/mol. The van der Waals surface area contributed by atoms with E-state index in [4.69, 9.17) is 4.74 Å². The molecule has 0 saturated carbocycles. The quantitative estimate of drug-likeness (QED) is 0.781. The van der Waals surface area contributed by atoms with Crippen LogP contribution in [0.3, 0.4) is 0 Å². The SMILES string of the molecule is COc1ccc(N(C)C(=O)Nc2ccc3nc(C)sc3c2)cc1. The molecular formula is C17H17N3O2S. The molecule has 0 aliphatic carbocycles. The number of ether oxygens (including phenoxy) is 1. The van der Waals surface area contributed by atoms with Crippen LogP contribution in [0.2, 0.25) is 0 Å². The maximum Gasteiger partial charge on any atom is 0.326 e. The highest BCUT2D eigenvalue weighted by Gasteiger charge is 2.12. The van der Waals surface area contributed by atoms with Crippen molar-refractivity contribution in [3.8, 4) is 5.75 Å². The van der Waals surface area contributed by atoms with Crippen molar-refractivity contribution in [2.45, 2.75) is 6.92 Å². The molecule has 3 aromatic rings. The highest BCUT2D eigenvalue weighted by atomic mass is 32.1. The van der Waals surface area contributed by atoms with Crippen molar-refractivity contribution in [2.24, 2.45) is 0 Å². The van der Waals surface area contributed by atoms with Gasteiger partial charge in [-0.2, -0.15) is 0 Å². The first-order valence-electron chi connectivity index (χ1n) is 7.13. The Labute approximate surface area is 138 Å². The third kappa shape index (κ3) is 3.27. The van der Waals surface area contributed by atoms with E-state index in [1.54, 1.807) is 30.4 Å². The fourth-order valence-electron chi connectivity index (χ4n) is 2.25. The van der Waals surface area contributed by atoms with Gasteiger partial charge in [-0.15, -0.1) is 11.3 Å². The largest absolute Gasteiger partial charge is 0.497 e. The van der Waals surface area contributed by atoms with Crippen LogP contribution in [0.25, 0.3) is 10.2 Å². The van der Waals surface area contributed by atoms with Crippen molar-refractivity contribution in [3.63, 3.8) is 0 Å². The van der Waals surface area contributed by atoms with Gasteiger partial charge in [0.15, 0.2) is 0 Å². The number of amides is 2. The van der Waals surface area contributed by atoms with Crippen LogP contribution in [0.1, 0.15) is 5.01 Å². The summed E-state index contributed by atoms with van der Waals surface area (Å²) in [6, 6.07) is 12.9. The second-order valence-corrected chi connectivity index (χ2v) is 6.34. The Hall–Kier alpha value is -2.60. The van der Waals surface area contributed by atoms with Crippen LogP contribution in [-0.4, -0.2) is 25.2 Å². The van der Waals surface area contributed by atoms with E-state index in [1.807, 2.05) is 49.4 Å². The van der Waals surface area contributed by atoms with E-state index in [0.29, 0.717) is 0 Å². The zero-order valence-electron chi connectivity index (χ0n) is 13.2. The molecule has 2 amide bonds. The van der Waals surface area contributed by atoms with Gasteiger partial charge in [-0.05, 0) is 49.4 Å². The number of carbonyl (C=O) groups excluding carboxylic acids is 1. The normalized spacial score (nSPS) is 10.6. The van der Waals surface area contributed by atoms with Crippen molar-refractivity contribution < 1.29 is 9.53 Å². The second kappa shape index (κ2) is 6.26. The predicted octanol–water partition coefficient (Wildman–Crippen LogP) is 4.28. The Morgan fingerprint density at radius 1 is 1.22 bits per heavy atom. The van der Waals surface area contributed by atoms with Crippen LogP contribution < -0.4 is 15.0 Å². The first kappa shape index (κ1) is 15.3. The molecule has 1 N–H and O–H groups in total. The predicted molar refractivity (Wildman–Crippen MR) is 94.8 cm³/mol. The molecule has 0 saturated heterocycles. The van der Waals surface area contributed by atoms with Crippen molar-refractivity contribution in [1.82, 2.24) is 4.98 Å². The zero-order chi connectivity index (χ0) is 16.4. The lowest BCUT2D eigenvalue weighted by Gasteiger charge is -2.18. The Balaban J connectivity index is 1.75. The second-order valence-electron chi connectivity index (χ2n) is 5.10. The maximum absolute atomic E-state index is 12.4. The number of anilines is 2. The van der Waals surface area contributed by atoms with E-state index in [2.05, 4.69) is 10.3 Å². The van der Waals surface area contributed by atoms with E-state index < -0.39 is 0 Å². The van der Waals surface area contributed by atoms with Crippen LogP contribution in [0, 0.1) is 6.92 Å². The van der Waals surface area contributed by atoms with Gasteiger partial charge in [0.2, 0.25) is 0 Å². The van der Waals surface area contributed by atoms with Crippen LogP contribution >= 0.6 is 11.3 Å². The summed E-state index contributed by atoms with van der Waals surface area (Å²) >= 11 is 1.61. The van der Waals surface area contributed by atoms with Gasteiger partial charge in [0.1, 0.15) is 5.75 Å². The average molecular weight is 327 g/mol. The molecule has 0 bridgehead atoms. The molecule has 0 fully saturated rings. The maximum atomic E-state index is 12.4. The van der Waals surface area contributed by atoms with E-state index >= 15 is 0 Å². The fourth-order valence-corrected chi connectivity index (χ4v) is 3.11. The number of carbonyl (C=O) groups is 1. The number of hydrogen-bond donors (Lipinski definition) is 1. The fraction of sp³-hybridized carbons (Fsp3) is 0.176. The minimum Gasteiger partial charge on any atom is -0.497 e. The number of benzene rings is 2. The van der Waals surface area contributed by atoms with Crippen molar-refractivity contribution in [1.29, 1.82) is 0 Å². The summed E-state index contributed by atoms with van der Waals surface area (Å²) in [7, 11) is 3.34. The number of aryl methyl sites for hydroxylation is 1. The van der Waals surface area contributed by atoms with Gasteiger partial charge in [-0.1, -0.05) is 0 Å². The lowest BCUT2D eigenvalue weighted by atomic mass is 10.3. The Morgan fingerprint density at radius 2 is 1.96 bits per heavy atom. The molecule has 0 radical (unpaired) electrons. The minimum absolute atomic E-state index is 0.198. The van der Waals surface area contributed by atoms with E-state index in [0.717, 1.165) is 32.3 Å². The molecule has 0 aliphatic rings. The molecule has 1 heterocycles. The summed E-state index contributed by atoms with van der Waals surface area (Å²) in [4.78, 5) is 18.4. The van der Waals surface area contributed by atoms with Gasteiger partial charge in [-0.3, -0.25) is 4.90 Å². The average Bonchev–Trinajstić information content (AvgIpc) is 2.93. The summed E-state index contributed by atoms with van der Waals surface area (Å²) in [5.41, 5.74) is 2.50. The summed E-state index contributed by atoms with van der Waals surface area (Å²) in [5.74, 6) is 0.758. The number of aromatic nitrogens is 1. The molecule has 0 unspecified atom stereocenters. The van der Waals surface area contributed by atoms with Gasteiger partial charge >= 0.3 is 6.03 Å². The topological polar surface area (TPSA) is 54.5 Å². The Kier molecular flexibility index (Phi) is 4.16. The third-order valence-corrected chi connectivity index (χ3v) is 4.44. The molecule has 2 aromatic carbocycles. The van der Waals surface area contributed by atoms with Gasteiger partial charge in [0.25, 0.3) is 0 Å². The summed E-state index contributed by atoms with van der Waals surface area (Å²) in [6.07, 6.45) is 0. The number of nitrogens with one attached hydrogen (secondary N) is 1. The number of fused-ring (bicyclic) bond motifs is 1. The van der Waals surface area contributed by atoms with Gasteiger partial charge in [0, 0.05) is 18.4 Å². The number of methoxy groups -OCH3 is 1. The van der Waals surface area contributed by atoms with E-state index in [9.17, 15) is 4.79 Å². The summed E-state index contributed by atoms with van der Waals surface area (Å²) in [5, 5.41) is 3.92. The minimum atomic E-state index is -0.198. The lowest BCUT2D eigenvalue weighted by molar-refractivity contribution is 0.258. The molecule has 0 atom stereocenters. The number of thiazole rings is 1. The van der Waals surface area contributed by atoms with Gasteiger partial charge < -0.3 is 10.1 Å². The lowest BCUT2D eigenvalue weighted by Crippen LogP contribution is -2.31. The summed E-state index contributed by atoms with van der Waals surface area (Å²) < 4.78 is 6.19. The summed E-state index contributed by atoms with van der Waals surface area (Å²) in [6.45, 7) is 1.97. The molecule has 118 valence electrons. The monoisotopic (exact) mass is 327 g/mol. The highest BCUT2D eigenvalue weighted by molar-refractivity contribution is 7.18. The zero-order valence-corrected chi connectivity index (χ0v) is 14.0. The first-order chi connectivity index (χ1) is 11.1. The van der Waals surface area contributed by atoms with Crippen molar-refractivity contribution in [3.05, 3.63) is 47.5 Å². The Morgan fingerprint density at radius 3 is 2.65 bits per heavy atom. The van der Waals surface area contributed by atoms with Crippen molar-refractivity contribution >= 4 is 39.0 Å². The number of hydrogen-bond acceptors (Lipinski definition) is 4. The molecule has 5 nitrogen and oxygen atoms in total. The number of nitrogens with zero attached hydrogens (tertiary/aromatic N) is 2. The third-order valence-electron chi connectivity index (χ3n) is 3.51. The molecule has 0 aliphatic heterocycles. The van der Waals surface area contributed by atoms with Crippen LogP contribution in [0.5, 0.6) is 5.75 Å². The van der Waals surface area contributed by atoms with Crippen LogP contribution in [0.15, 0.2) is 42.5 Å². The molecule has 1 aromatic heterocycles. The van der Waals surface area contributed by atoms with Crippen LogP contribution in [0.4, 0.5) is 16.2 Å². The van der Waals surface area contributed by atoms with Gasteiger partial charge in [-0.25, -0.2) is 9.78 Å². The van der Waals surface area contributed by atoms with Gasteiger partial charge in [0.05, 0.1) is 22.3 Å². The molecule has 6 heteroatoms. The Bertz CT molecular complexity index is 843. The molecule has 3 rings (SSSR count). The van der Waals surface area contributed by atoms with E-state index in [1.165, 1.54) is 0 Å². The highest BCUT2D eigenvalue weighted by Crippen LogP contribution is 2.25. The van der Waals surface area contributed by atoms with Crippen molar-refractivity contribution in [2.75, 3.05) is 24.4 Å². The smallest absolute Gasteiger partial charge is 0.326 e. The first-order valence-corrected chi connectivity index (χ1v) is 7.94. The van der Waals surface area contributed by atoms with Crippen LogP contribution in [-0.2, 0) is 0 Å². The number of rotatable bonds is 3.